The molecule has 9 heteroatoms. The molecule has 1 aromatic heterocycles. The number of aromatic nitrogens is 2. The minimum absolute atomic E-state index is 0.0309. The molecular weight excluding hydrogens is 351 g/mol. The van der Waals surface area contributed by atoms with E-state index in [4.69, 9.17) is 0 Å². The van der Waals surface area contributed by atoms with E-state index in [1.165, 1.54) is 11.8 Å². The normalized spacial score (nSPS) is 23.5. The summed E-state index contributed by atoms with van der Waals surface area (Å²) in [6.07, 6.45) is -2.30. The Morgan fingerprint density at radius 1 is 1.19 bits per heavy atom. The molecular formula is C17H20F3N3O3. The minimum Gasteiger partial charge on any atom is -0.480 e. The van der Waals surface area contributed by atoms with Crippen molar-refractivity contribution < 1.29 is 27.9 Å². The van der Waals surface area contributed by atoms with Crippen molar-refractivity contribution in [3.05, 3.63) is 22.8 Å². The topological polar surface area (TPSA) is 83.4 Å². The van der Waals surface area contributed by atoms with E-state index in [9.17, 15) is 27.9 Å². The lowest BCUT2D eigenvalue weighted by atomic mass is 9.83. The molecule has 1 aliphatic heterocycles. The predicted molar refractivity (Wildman–Crippen MR) is 84.3 cm³/mol. The molecule has 1 aromatic rings. The molecule has 1 saturated heterocycles. The van der Waals surface area contributed by atoms with Gasteiger partial charge in [0.15, 0.2) is 5.69 Å². The van der Waals surface area contributed by atoms with Gasteiger partial charge in [-0.2, -0.15) is 13.2 Å². The van der Waals surface area contributed by atoms with Crippen LogP contribution in [-0.2, 0) is 28.6 Å². The Labute approximate surface area is 148 Å². The molecule has 26 heavy (non-hydrogen) atoms. The van der Waals surface area contributed by atoms with Crippen molar-refractivity contribution in [1.82, 2.24) is 14.9 Å². The summed E-state index contributed by atoms with van der Waals surface area (Å²) >= 11 is 0. The van der Waals surface area contributed by atoms with E-state index in [0.29, 0.717) is 31.5 Å². The zero-order valence-corrected chi connectivity index (χ0v) is 14.3. The average Bonchev–Trinajstić information content (AvgIpc) is 2.59. The lowest BCUT2D eigenvalue weighted by Crippen LogP contribution is -2.51. The Hall–Kier alpha value is -2.19. The molecule has 1 fully saturated rings. The van der Waals surface area contributed by atoms with Crippen molar-refractivity contribution in [3.63, 3.8) is 0 Å². The van der Waals surface area contributed by atoms with Gasteiger partial charge in [-0.1, -0.05) is 0 Å². The van der Waals surface area contributed by atoms with Crippen LogP contribution in [0.15, 0.2) is 0 Å². The van der Waals surface area contributed by atoms with Gasteiger partial charge in [0.25, 0.3) is 0 Å². The zero-order valence-electron chi connectivity index (χ0n) is 14.3. The fourth-order valence-electron chi connectivity index (χ4n) is 3.87. The van der Waals surface area contributed by atoms with Crippen LogP contribution in [0.25, 0.3) is 0 Å². The number of hydrogen-bond acceptors (Lipinski definition) is 4. The first-order chi connectivity index (χ1) is 12.2. The molecule has 1 aliphatic carbocycles. The summed E-state index contributed by atoms with van der Waals surface area (Å²) in [7, 11) is 0. The third-order valence-electron chi connectivity index (χ3n) is 5.07. The standard InChI is InChI=1S/C17H20F3N3O3/c1-9-21-12-6-5-10(8-11(12)14(22-9)17(18,19)20)15(24)23-7-3-2-4-13(23)16(25)26/h10,13H,2-8H2,1H3,(H,25,26)/t10-,13-/m0/s1. The lowest BCUT2D eigenvalue weighted by Gasteiger charge is -2.36. The molecule has 2 atom stereocenters. The Bertz CT molecular complexity index is 736. The van der Waals surface area contributed by atoms with E-state index < -0.39 is 29.8 Å². The maximum absolute atomic E-state index is 13.3. The average molecular weight is 371 g/mol. The van der Waals surface area contributed by atoms with Gasteiger partial charge in [0.1, 0.15) is 11.9 Å². The molecule has 2 aliphatic rings. The van der Waals surface area contributed by atoms with Crippen molar-refractivity contribution in [3.8, 4) is 0 Å². The van der Waals surface area contributed by atoms with Crippen molar-refractivity contribution >= 4 is 11.9 Å². The first-order valence-corrected chi connectivity index (χ1v) is 8.65. The van der Waals surface area contributed by atoms with Crippen molar-refractivity contribution in [2.75, 3.05) is 6.54 Å². The van der Waals surface area contributed by atoms with Crippen molar-refractivity contribution in [2.24, 2.45) is 5.92 Å². The fourth-order valence-corrected chi connectivity index (χ4v) is 3.87. The second-order valence-corrected chi connectivity index (χ2v) is 6.86. The first-order valence-electron chi connectivity index (χ1n) is 8.65. The monoisotopic (exact) mass is 371 g/mol. The number of halogens is 3. The van der Waals surface area contributed by atoms with Crippen LogP contribution >= 0.6 is 0 Å². The van der Waals surface area contributed by atoms with Crippen LogP contribution in [0.2, 0.25) is 0 Å². The molecule has 0 unspecified atom stereocenters. The van der Waals surface area contributed by atoms with E-state index in [2.05, 4.69) is 9.97 Å². The number of carbonyl (C=O) groups is 2. The smallest absolute Gasteiger partial charge is 0.433 e. The van der Waals surface area contributed by atoms with E-state index in [1.807, 2.05) is 0 Å². The molecule has 0 aromatic carbocycles. The van der Waals surface area contributed by atoms with Gasteiger partial charge < -0.3 is 10.0 Å². The second kappa shape index (κ2) is 6.85. The third kappa shape index (κ3) is 3.52. The van der Waals surface area contributed by atoms with Gasteiger partial charge >= 0.3 is 12.1 Å². The summed E-state index contributed by atoms with van der Waals surface area (Å²) in [5, 5.41) is 9.33. The van der Waals surface area contributed by atoms with Crippen LogP contribution in [0.3, 0.4) is 0 Å². The summed E-state index contributed by atoms with van der Waals surface area (Å²) in [4.78, 5) is 33.2. The summed E-state index contributed by atoms with van der Waals surface area (Å²) in [6, 6.07) is -0.894. The number of carboxylic acids is 1. The molecule has 142 valence electrons. The Kier molecular flexibility index (Phi) is 4.90. The van der Waals surface area contributed by atoms with E-state index in [0.717, 1.165) is 6.42 Å². The van der Waals surface area contributed by atoms with Gasteiger partial charge in [-0.05, 0) is 45.4 Å². The molecule has 3 rings (SSSR count). The molecule has 0 radical (unpaired) electrons. The predicted octanol–water partition coefficient (Wildman–Crippen LogP) is 2.37. The first kappa shape index (κ1) is 18.6. The van der Waals surface area contributed by atoms with Crippen molar-refractivity contribution in [1.29, 1.82) is 0 Å². The number of aryl methyl sites for hydroxylation is 2. The number of amides is 1. The molecule has 2 heterocycles. The number of carboxylic acid groups (broad SMARTS) is 1. The highest BCUT2D eigenvalue weighted by molar-refractivity contribution is 5.85. The van der Waals surface area contributed by atoms with Crippen LogP contribution in [0, 0.1) is 12.8 Å². The maximum atomic E-state index is 13.3. The number of hydrogen-bond donors (Lipinski definition) is 1. The van der Waals surface area contributed by atoms with Gasteiger partial charge in [0.2, 0.25) is 5.91 Å². The maximum Gasteiger partial charge on any atom is 0.433 e. The molecule has 6 nitrogen and oxygen atoms in total. The number of rotatable bonds is 2. The highest BCUT2D eigenvalue weighted by Crippen LogP contribution is 2.36. The third-order valence-corrected chi connectivity index (χ3v) is 5.07. The van der Waals surface area contributed by atoms with Gasteiger partial charge in [-0.3, -0.25) is 4.79 Å². The van der Waals surface area contributed by atoms with E-state index in [1.54, 1.807) is 0 Å². The SMILES string of the molecule is Cc1nc2c(c(C(F)(F)F)n1)C[C@@H](C(=O)N1CCCC[C@H]1C(=O)O)CC2. The number of aliphatic carboxylic acids is 1. The van der Waals surface area contributed by atoms with Gasteiger partial charge in [0.05, 0.1) is 0 Å². The number of carbonyl (C=O) groups excluding carboxylic acids is 1. The van der Waals surface area contributed by atoms with Gasteiger partial charge in [0, 0.05) is 23.7 Å². The van der Waals surface area contributed by atoms with Crippen LogP contribution in [-0.4, -0.2) is 44.4 Å². The van der Waals surface area contributed by atoms with E-state index in [-0.39, 0.29) is 30.1 Å². The zero-order chi connectivity index (χ0) is 19.1. The van der Waals surface area contributed by atoms with Gasteiger partial charge in [-0.25, -0.2) is 14.8 Å². The minimum atomic E-state index is -4.61. The second-order valence-electron chi connectivity index (χ2n) is 6.86. The summed E-state index contributed by atoms with van der Waals surface area (Å²) in [5.74, 6) is -2.06. The fraction of sp³-hybridized carbons (Fsp3) is 0.647. The van der Waals surface area contributed by atoms with Gasteiger partial charge in [-0.15, -0.1) is 0 Å². The molecule has 0 bridgehead atoms. The van der Waals surface area contributed by atoms with Crippen molar-refractivity contribution in [2.45, 2.75) is 57.7 Å². The number of nitrogens with zero attached hydrogens (tertiary/aromatic N) is 3. The number of piperidine rings is 1. The molecule has 0 saturated carbocycles. The highest BCUT2D eigenvalue weighted by Gasteiger charge is 2.42. The molecule has 1 N–H and O–H groups in total. The number of alkyl halides is 3. The Balaban J connectivity index is 1.88. The Morgan fingerprint density at radius 2 is 1.92 bits per heavy atom. The molecule has 0 spiro atoms. The lowest BCUT2D eigenvalue weighted by molar-refractivity contribution is -0.154. The summed E-state index contributed by atoms with van der Waals surface area (Å²) in [6.45, 7) is 1.74. The van der Waals surface area contributed by atoms with E-state index >= 15 is 0 Å². The molecule has 1 amide bonds. The van der Waals surface area contributed by atoms with Crippen LogP contribution < -0.4 is 0 Å². The quantitative estimate of drug-likeness (QED) is 0.863. The van der Waals surface area contributed by atoms with Crippen LogP contribution in [0.1, 0.15) is 48.5 Å². The van der Waals surface area contributed by atoms with Crippen LogP contribution in [0.5, 0.6) is 0 Å². The number of likely N-dealkylation sites (tertiary alicyclic amines) is 1. The Morgan fingerprint density at radius 3 is 2.58 bits per heavy atom. The van der Waals surface area contributed by atoms with Crippen LogP contribution in [0.4, 0.5) is 13.2 Å². The summed E-state index contributed by atoms with van der Waals surface area (Å²) < 4.78 is 40.0. The largest absolute Gasteiger partial charge is 0.480 e. The highest BCUT2D eigenvalue weighted by atomic mass is 19.4. The number of fused-ring (bicyclic) bond motifs is 1. The summed E-state index contributed by atoms with van der Waals surface area (Å²) in [5.41, 5.74) is -0.676.